The zero-order chi connectivity index (χ0) is 14.3. The fraction of sp³-hybridized carbons (Fsp3) is 0.300. The van der Waals surface area contributed by atoms with Gasteiger partial charge in [0.2, 0.25) is 10.0 Å². The van der Waals surface area contributed by atoms with Crippen molar-refractivity contribution in [1.29, 1.82) is 0 Å². The van der Waals surface area contributed by atoms with Gasteiger partial charge in [0.1, 0.15) is 5.66 Å². The predicted octanol–water partition coefficient (Wildman–Crippen LogP) is 0.702. The smallest absolute Gasteiger partial charge is 0.314 e. The third-order valence-electron chi connectivity index (χ3n) is 2.63. The third kappa shape index (κ3) is 3.09. The second-order valence-corrected chi connectivity index (χ2v) is 6.55. The standard InChI is InChI=1S/C10H13ClN4O3S/c1-10(12-9(16)13-15-10)6-3-4-7(11)8(5-6)14-19(2,17)18/h3-5,14-15H,1-2H3,(H2,12,13,16). The van der Waals surface area contributed by atoms with E-state index in [1.165, 1.54) is 0 Å². The Morgan fingerprint density at radius 2 is 2.05 bits per heavy atom. The number of carbonyl (C=O) groups is 1. The summed E-state index contributed by atoms with van der Waals surface area (Å²) in [4.78, 5) is 11.2. The lowest BCUT2D eigenvalue weighted by Gasteiger charge is -2.24. The Morgan fingerprint density at radius 1 is 1.37 bits per heavy atom. The molecule has 4 N–H and O–H groups in total. The van der Waals surface area contributed by atoms with Crippen LogP contribution in [0.25, 0.3) is 0 Å². The molecule has 1 heterocycles. The van der Waals surface area contributed by atoms with E-state index >= 15 is 0 Å². The molecule has 1 aromatic carbocycles. The molecule has 0 bridgehead atoms. The quantitative estimate of drug-likeness (QED) is 0.660. The molecule has 0 saturated carbocycles. The van der Waals surface area contributed by atoms with E-state index in [-0.39, 0.29) is 16.7 Å². The Morgan fingerprint density at radius 3 is 2.58 bits per heavy atom. The monoisotopic (exact) mass is 304 g/mol. The molecule has 9 heteroatoms. The minimum atomic E-state index is -3.43. The van der Waals surface area contributed by atoms with Gasteiger partial charge in [-0.05, 0) is 24.6 Å². The molecule has 1 unspecified atom stereocenters. The molecule has 0 radical (unpaired) electrons. The van der Waals surface area contributed by atoms with Gasteiger partial charge in [-0.1, -0.05) is 17.7 Å². The van der Waals surface area contributed by atoms with Crippen molar-refractivity contribution < 1.29 is 13.2 Å². The summed E-state index contributed by atoms with van der Waals surface area (Å²) in [7, 11) is -3.43. The van der Waals surface area contributed by atoms with Gasteiger partial charge in [-0.2, -0.15) is 0 Å². The van der Waals surface area contributed by atoms with E-state index in [1.807, 2.05) is 0 Å². The Balaban J connectivity index is 2.39. The van der Waals surface area contributed by atoms with Crippen molar-refractivity contribution in [3.05, 3.63) is 28.8 Å². The summed E-state index contributed by atoms with van der Waals surface area (Å²) in [6.07, 6.45) is 1.04. The number of sulfonamides is 1. The van der Waals surface area contributed by atoms with Crippen LogP contribution in [-0.2, 0) is 15.7 Å². The van der Waals surface area contributed by atoms with Crippen LogP contribution in [0, 0.1) is 0 Å². The van der Waals surface area contributed by atoms with E-state index in [0.29, 0.717) is 5.56 Å². The molecule has 0 aliphatic carbocycles. The van der Waals surface area contributed by atoms with Gasteiger partial charge in [-0.15, -0.1) is 0 Å². The number of hydrazine groups is 1. The molecule has 1 aliphatic heterocycles. The highest BCUT2D eigenvalue weighted by molar-refractivity contribution is 7.92. The first-order valence-electron chi connectivity index (χ1n) is 5.33. The Bertz CT molecular complexity index is 634. The van der Waals surface area contributed by atoms with Crippen LogP contribution in [-0.4, -0.2) is 20.7 Å². The van der Waals surface area contributed by atoms with Gasteiger partial charge in [0, 0.05) is 0 Å². The number of hydrogen-bond donors (Lipinski definition) is 4. The van der Waals surface area contributed by atoms with Crippen LogP contribution in [0.1, 0.15) is 12.5 Å². The van der Waals surface area contributed by atoms with Gasteiger partial charge < -0.3 is 5.32 Å². The first kappa shape index (κ1) is 13.9. The topological polar surface area (TPSA) is 99.3 Å². The molecular formula is C10H13ClN4O3S. The minimum absolute atomic E-state index is 0.255. The van der Waals surface area contributed by atoms with Crippen LogP contribution in [0.3, 0.4) is 0 Å². The highest BCUT2D eigenvalue weighted by Gasteiger charge is 2.34. The van der Waals surface area contributed by atoms with Gasteiger partial charge in [0.05, 0.1) is 17.0 Å². The number of halogens is 1. The maximum Gasteiger partial charge on any atom is 0.330 e. The number of nitrogens with one attached hydrogen (secondary N) is 4. The lowest BCUT2D eigenvalue weighted by atomic mass is 10.0. The molecular weight excluding hydrogens is 292 g/mol. The lowest BCUT2D eigenvalue weighted by Crippen LogP contribution is -2.44. The number of anilines is 1. The molecule has 1 aromatic rings. The van der Waals surface area contributed by atoms with E-state index < -0.39 is 15.7 Å². The fourth-order valence-corrected chi connectivity index (χ4v) is 2.52. The first-order valence-corrected chi connectivity index (χ1v) is 7.60. The second-order valence-electron chi connectivity index (χ2n) is 4.40. The number of amides is 2. The fourth-order valence-electron chi connectivity index (χ4n) is 1.73. The molecule has 2 rings (SSSR count). The number of hydrogen-bond acceptors (Lipinski definition) is 4. The van der Waals surface area contributed by atoms with Crippen LogP contribution in [0.5, 0.6) is 0 Å². The van der Waals surface area contributed by atoms with Crippen LogP contribution < -0.4 is 20.9 Å². The molecule has 2 amide bonds. The minimum Gasteiger partial charge on any atom is -0.314 e. The van der Waals surface area contributed by atoms with Crippen molar-refractivity contribution in [2.24, 2.45) is 0 Å². The summed E-state index contributed by atoms with van der Waals surface area (Å²) >= 11 is 5.93. The van der Waals surface area contributed by atoms with E-state index in [4.69, 9.17) is 11.6 Å². The summed E-state index contributed by atoms with van der Waals surface area (Å²) in [5.74, 6) is 0. The third-order valence-corrected chi connectivity index (χ3v) is 3.55. The van der Waals surface area contributed by atoms with Gasteiger partial charge >= 0.3 is 6.03 Å². The number of benzene rings is 1. The van der Waals surface area contributed by atoms with Crippen LogP contribution in [0.2, 0.25) is 5.02 Å². The largest absolute Gasteiger partial charge is 0.330 e. The van der Waals surface area contributed by atoms with E-state index in [0.717, 1.165) is 6.26 Å². The second kappa shape index (κ2) is 4.55. The van der Waals surface area contributed by atoms with E-state index in [9.17, 15) is 13.2 Å². The summed E-state index contributed by atoms with van der Waals surface area (Å²) in [5.41, 5.74) is 5.27. The van der Waals surface area contributed by atoms with Crippen molar-refractivity contribution >= 4 is 33.3 Å². The van der Waals surface area contributed by atoms with E-state index in [2.05, 4.69) is 20.9 Å². The average Bonchev–Trinajstić information content (AvgIpc) is 2.61. The van der Waals surface area contributed by atoms with Gasteiger partial charge in [0.15, 0.2) is 0 Å². The van der Waals surface area contributed by atoms with E-state index in [1.54, 1.807) is 25.1 Å². The van der Waals surface area contributed by atoms with Crippen molar-refractivity contribution in [2.75, 3.05) is 11.0 Å². The molecule has 0 spiro atoms. The average molecular weight is 305 g/mol. The Hall–Kier alpha value is -1.51. The zero-order valence-electron chi connectivity index (χ0n) is 10.2. The van der Waals surface area contributed by atoms with Gasteiger partial charge in [0.25, 0.3) is 0 Å². The summed E-state index contributed by atoms with van der Waals surface area (Å²) < 4.78 is 24.8. The Labute approximate surface area is 115 Å². The maximum atomic E-state index is 11.2. The molecule has 0 aromatic heterocycles. The zero-order valence-corrected chi connectivity index (χ0v) is 11.8. The summed E-state index contributed by atoms with van der Waals surface area (Å²) in [6.45, 7) is 1.73. The highest BCUT2D eigenvalue weighted by Crippen LogP contribution is 2.29. The van der Waals surface area contributed by atoms with Crippen molar-refractivity contribution in [1.82, 2.24) is 16.2 Å². The van der Waals surface area contributed by atoms with Crippen LogP contribution >= 0.6 is 11.6 Å². The number of urea groups is 1. The van der Waals surface area contributed by atoms with Crippen molar-refractivity contribution in [3.63, 3.8) is 0 Å². The molecule has 1 fully saturated rings. The number of carbonyl (C=O) groups excluding carboxylic acids is 1. The molecule has 1 saturated heterocycles. The van der Waals surface area contributed by atoms with Crippen molar-refractivity contribution in [2.45, 2.75) is 12.6 Å². The summed E-state index contributed by atoms with van der Waals surface area (Å²) in [5, 5.41) is 2.95. The SMILES string of the molecule is CC1(c2ccc(Cl)c(NS(C)(=O)=O)c2)NNC(=O)N1. The molecule has 7 nitrogen and oxygen atoms in total. The predicted molar refractivity (Wildman–Crippen MR) is 72.1 cm³/mol. The highest BCUT2D eigenvalue weighted by atomic mass is 35.5. The molecule has 1 atom stereocenters. The van der Waals surface area contributed by atoms with Gasteiger partial charge in [-0.3, -0.25) is 10.1 Å². The maximum absolute atomic E-state index is 11.2. The number of rotatable bonds is 3. The van der Waals surface area contributed by atoms with Crippen molar-refractivity contribution in [3.8, 4) is 0 Å². The Kier molecular flexibility index (Phi) is 3.33. The lowest BCUT2D eigenvalue weighted by molar-refractivity contribution is 0.245. The van der Waals surface area contributed by atoms with Crippen LogP contribution in [0.15, 0.2) is 18.2 Å². The first-order chi connectivity index (χ1) is 8.70. The summed E-state index contributed by atoms with van der Waals surface area (Å²) in [6, 6.07) is 4.44. The molecule has 104 valence electrons. The normalized spacial score (nSPS) is 22.8. The molecule has 1 aliphatic rings. The van der Waals surface area contributed by atoms with Gasteiger partial charge in [-0.25, -0.2) is 18.6 Å². The molecule has 19 heavy (non-hydrogen) atoms. The van der Waals surface area contributed by atoms with Crippen LogP contribution in [0.4, 0.5) is 10.5 Å².